The molecule has 0 saturated heterocycles. The highest BCUT2D eigenvalue weighted by molar-refractivity contribution is 14.0. The molecule has 0 fully saturated rings. The van der Waals surface area contributed by atoms with Crippen molar-refractivity contribution in [3.05, 3.63) is 53.5 Å². The smallest absolute Gasteiger partial charge is 0.191 e. The number of nitrogens with zero attached hydrogens (tertiary/aromatic N) is 3. The van der Waals surface area contributed by atoms with Gasteiger partial charge in [-0.15, -0.1) is 24.0 Å². The van der Waals surface area contributed by atoms with E-state index in [1.54, 1.807) is 0 Å². The summed E-state index contributed by atoms with van der Waals surface area (Å²) in [5.74, 6) is 0.879. The molecule has 1 aromatic carbocycles. The first-order valence-corrected chi connectivity index (χ1v) is 9.73. The summed E-state index contributed by atoms with van der Waals surface area (Å²) >= 11 is 0. The Balaban J connectivity index is 0.00000280. The highest BCUT2D eigenvalue weighted by Gasteiger charge is 2.04. The zero-order chi connectivity index (χ0) is 19.1. The summed E-state index contributed by atoms with van der Waals surface area (Å²) in [5.41, 5.74) is 5.02. The number of aromatic nitrogens is 3. The Labute approximate surface area is 184 Å². The number of H-pyrrole nitrogens is 1. The van der Waals surface area contributed by atoms with E-state index >= 15 is 0 Å². The second-order valence-electron chi connectivity index (χ2n) is 6.93. The molecule has 28 heavy (non-hydrogen) atoms. The molecule has 0 bridgehead atoms. The first-order chi connectivity index (χ1) is 13.2. The molecule has 0 radical (unpaired) electrons. The zero-order valence-corrected chi connectivity index (χ0v) is 19.3. The van der Waals surface area contributed by atoms with Gasteiger partial charge in [0.15, 0.2) is 5.96 Å². The number of hydrogen-bond acceptors (Lipinski definition) is 2. The Morgan fingerprint density at radius 1 is 1.21 bits per heavy atom. The van der Waals surface area contributed by atoms with Crippen LogP contribution in [0.5, 0.6) is 0 Å². The second kappa shape index (κ2) is 11.1. The highest BCUT2D eigenvalue weighted by atomic mass is 127. The van der Waals surface area contributed by atoms with Crippen molar-refractivity contribution < 1.29 is 0 Å². The van der Waals surface area contributed by atoms with Gasteiger partial charge in [-0.1, -0.05) is 12.1 Å². The van der Waals surface area contributed by atoms with Crippen LogP contribution in [0.1, 0.15) is 30.0 Å². The molecule has 0 aliphatic heterocycles. The minimum Gasteiger partial charge on any atom is -0.361 e. The van der Waals surface area contributed by atoms with Gasteiger partial charge in [0.05, 0.1) is 6.20 Å². The maximum Gasteiger partial charge on any atom is 0.191 e. The number of guanidine groups is 1. The molecule has 2 aromatic heterocycles. The lowest BCUT2D eigenvalue weighted by Gasteiger charge is -2.11. The van der Waals surface area contributed by atoms with Gasteiger partial charge in [0.2, 0.25) is 0 Å². The topological polar surface area (TPSA) is 70.0 Å². The number of halogens is 1. The zero-order valence-electron chi connectivity index (χ0n) is 17.0. The molecule has 6 nitrogen and oxygen atoms in total. The van der Waals surface area contributed by atoms with Crippen LogP contribution in [0.15, 0.2) is 41.8 Å². The Morgan fingerprint density at radius 3 is 2.82 bits per heavy atom. The number of fused-ring (bicyclic) bond motifs is 1. The third kappa shape index (κ3) is 6.25. The Bertz CT molecular complexity index is 895. The van der Waals surface area contributed by atoms with Gasteiger partial charge in [0.1, 0.15) is 0 Å². The van der Waals surface area contributed by atoms with Crippen LogP contribution in [0.3, 0.4) is 0 Å². The summed E-state index contributed by atoms with van der Waals surface area (Å²) in [6.07, 6.45) is 8.00. The molecule has 3 N–H and O–H groups in total. The Morgan fingerprint density at radius 2 is 2.07 bits per heavy atom. The minimum atomic E-state index is 0. The van der Waals surface area contributed by atoms with Crippen LogP contribution in [0.4, 0.5) is 0 Å². The van der Waals surface area contributed by atoms with Crippen molar-refractivity contribution in [2.24, 2.45) is 4.99 Å². The molecule has 0 unspecified atom stereocenters. The van der Waals surface area contributed by atoms with Crippen molar-refractivity contribution in [1.82, 2.24) is 25.4 Å². The number of rotatable bonds is 8. The van der Waals surface area contributed by atoms with Crippen molar-refractivity contribution in [3.63, 3.8) is 0 Å². The maximum absolute atomic E-state index is 4.67. The van der Waals surface area contributed by atoms with Crippen molar-refractivity contribution in [1.29, 1.82) is 0 Å². The van der Waals surface area contributed by atoms with E-state index in [1.165, 1.54) is 27.6 Å². The van der Waals surface area contributed by atoms with E-state index in [1.807, 2.05) is 10.9 Å². The predicted molar refractivity (Wildman–Crippen MR) is 128 cm³/mol. The SMILES string of the molecule is CCNC(=NCCCn1cc(C)cn1)NCCc1c[nH]c2cc(C)ccc12.I. The summed E-state index contributed by atoms with van der Waals surface area (Å²) in [7, 11) is 0. The van der Waals surface area contributed by atoms with Crippen molar-refractivity contribution in [2.75, 3.05) is 19.6 Å². The third-order valence-corrected chi connectivity index (χ3v) is 4.53. The molecule has 0 amide bonds. The van der Waals surface area contributed by atoms with E-state index in [0.717, 1.165) is 45.0 Å². The Kier molecular flexibility index (Phi) is 8.82. The maximum atomic E-state index is 4.67. The molecule has 0 saturated carbocycles. The van der Waals surface area contributed by atoms with E-state index < -0.39 is 0 Å². The van der Waals surface area contributed by atoms with Crippen LogP contribution in [0, 0.1) is 13.8 Å². The molecule has 7 heteroatoms. The van der Waals surface area contributed by atoms with E-state index in [9.17, 15) is 0 Å². The molecule has 2 heterocycles. The molecule has 152 valence electrons. The van der Waals surface area contributed by atoms with Crippen molar-refractivity contribution in [2.45, 2.75) is 40.2 Å². The van der Waals surface area contributed by atoms with Crippen LogP contribution in [0.25, 0.3) is 10.9 Å². The number of aliphatic imine (C=N–C) groups is 1. The molecular formula is C21H31IN6. The largest absolute Gasteiger partial charge is 0.361 e. The number of aromatic amines is 1. The normalized spacial score (nSPS) is 11.5. The van der Waals surface area contributed by atoms with E-state index in [2.05, 4.69) is 77.1 Å². The van der Waals surface area contributed by atoms with Crippen LogP contribution in [-0.2, 0) is 13.0 Å². The van der Waals surface area contributed by atoms with E-state index in [4.69, 9.17) is 0 Å². The summed E-state index contributed by atoms with van der Waals surface area (Å²) in [6.45, 7) is 9.65. The lowest BCUT2D eigenvalue weighted by Crippen LogP contribution is -2.38. The van der Waals surface area contributed by atoms with E-state index in [0.29, 0.717) is 0 Å². The predicted octanol–water partition coefficient (Wildman–Crippen LogP) is 3.79. The van der Waals surface area contributed by atoms with Crippen molar-refractivity contribution in [3.8, 4) is 0 Å². The lowest BCUT2D eigenvalue weighted by molar-refractivity contribution is 0.583. The first kappa shape index (κ1) is 22.3. The molecular weight excluding hydrogens is 463 g/mol. The molecule has 0 aliphatic rings. The molecule has 0 spiro atoms. The number of nitrogens with one attached hydrogen (secondary N) is 3. The third-order valence-electron chi connectivity index (χ3n) is 4.53. The van der Waals surface area contributed by atoms with Crippen LogP contribution in [0.2, 0.25) is 0 Å². The van der Waals surface area contributed by atoms with Crippen molar-refractivity contribution >= 4 is 40.8 Å². The van der Waals surface area contributed by atoms with Gasteiger partial charge in [-0.3, -0.25) is 9.67 Å². The number of hydrogen-bond donors (Lipinski definition) is 3. The van der Waals surface area contributed by atoms with Crippen LogP contribution < -0.4 is 10.6 Å². The monoisotopic (exact) mass is 494 g/mol. The molecule has 0 atom stereocenters. The van der Waals surface area contributed by atoms with E-state index in [-0.39, 0.29) is 24.0 Å². The second-order valence-corrected chi connectivity index (χ2v) is 6.93. The van der Waals surface area contributed by atoms with Gasteiger partial charge in [-0.05, 0) is 56.4 Å². The molecule has 3 aromatic rings. The summed E-state index contributed by atoms with van der Waals surface area (Å²) in [4.78, 5) is 8.04. The average Bonchev–Trinajstić information content (AvgIpc) is 3.24. The summed E-state index contributed by atoms with van der Waals surface area (Å²) < 4.78 is 1.98. The fraction of sp³-hybridized carbons (Fsp3) is 0.429. The number of aryl methyl sites for hydroxylation is 3. The van der Waals surface area contributed by atoms with Crippen LogP contribution >= 0.6 is 24.0 Å². The minimum absolute atomic E-state index is 0. The molecule has 3 rings (SSSR count). The van der Waals surface area contributed by atoms with Gasteiger partial charge in [0.25, 0.3) is 0 Å². The fourth-order valence-corrected chi connectivity index (χ4v) is 3.18. The highest BCUT2D eigenvalue weighted by Crippen LogP contribution is 2.19. The first-order valence-electron chi connectivity index (χ1n) is 9.73. The summed E-state index contributed by atoms with van der Waals surface area (Å²) in [5, 5.41) is 12.4. The average molecular weight is 494 g/mol. The van der Waals surface area contributed by atoms with Gasteiger partial charge >= 0.3 is 0 Å². The Hall–Kier alpha value is -2.03. The van der Waals surface area contributed by atoms with Crippen LogP contribution in [-0.4, -0.2) is 40.4 Å². The van der Waals surface area contributed by atoms with Gasteiger partial charge < -0.3 is 15.6 Å². The van der Waals surface area contributed by atoms with Gasteiger partial charge in [-0.25, -0.2) is 0 Å². The van der Waals surface area contributed by atoms with Gasteiger partial charge in [0, 0.05) is 49.5 Å². The molecule has 0 aliphatic carbocycles. The quantitative estimate of drug-likeness (QED) is 0.193. The van der Waals surface area contributed by atoms with Gasteiger partial charge in [-0.2, -0.15) is 5.10 Å². The standard InChI is InChI=1S/C21H30N6.HI/c1-4-22-21(23-9-5-11-27-15-17(3)13-26-27)24-10-8-18-14-25-20-12-16(2)6-7-19(18)20;/h6-7,12-15,25H,4-5,8-11H2,1-3H3,(H2,22,23,24);1H. The fourth-order valence-electron chi connectivity index (χ4n) is 3.18. The lowest BCUT2D eigenvalue weighted by atomic mass is 10.1. The summed E-state index contributed by atoms with van der Waals surface area (Å²) in [6, 6.07) is 6.56. The number of benzene rings is 1.